The molecule has 1 rings (SSSR count). The number of halogens is 2. The summed E-state index contributed by atoms with van der Waals surface area (Å²) in [4.78, 5) is 47.0. The van der Waals surface area contributed by atoms with Crippen molar-refractivity contribution in [2.75, 3.05) is 0 Å². The van der Waals surface area contributed by atoms with E-state index in [0.717, 1.165) is 5.57 Å². The molecule has 9 atom stereocenters. The molecule has 14 heteroatoms. The number of ether oxygens (including phenoxy) is 2. The van der Waals surface area contributed by atoms with E-state index in [2.05, 4.69) is 0 Å². The van der Waals surface area contributed by atoms with E-state index in [9.17, 15) is 39.6 Å². The summed E-state index contributed by atoms with van der Waals surface area (Å²) in [5.74, 6) is -4.10. The lowest BCUT2D eigenvalue weighted by molar-refractivity contribution is -0.159. The van der Waals surface area contributed by atoms with Crippen LogP contribution in [0.4, 0.5) is 4.79 Å². The van der Waals surface area contributed by atoms with Gasteiger partial charge in [0.2, 0.25) is 0 Å². The standard InChI is InChI=1S/C33H45Cl2NO11/c1-4-5-13-26(47-33(36)45)29(35)24(38)18-25(39)31(42)30(41)20(3)22(34)12-8-6-10-19(2)11-7-9-14-28(40)46-27-17-21(32(43)44)15-16-23(27)37/h5-14,20-21,23-24,26-27,29-31,37-38,41-42H,4,15-18H2,1-3H3,(H2,36,45)(H,43,44)/b8-6+,11-7-,13-5+,14-9-,19-10+,22-12-/t20-,21+,23+,24-,26-,27-,29+,30-,31-/m1/s1. The zero-order valence-electron chi connectivity index (χ0n) is 26.5. The number of allylic oxidation sites excluding steroid dienone is 9. The zero-order valence-corrected chi connectivity index (χ0v) is 28.0. The number of aliphatic hydroxyl groups excluding tert-OH is 4. The quantitative estimate of drug-likeness (QED) is 0.0399. The third kappa shape index (κ3) is 15.5. The molecule has 0 saturated heterocycles. The topological polar surface area (TPSA) is 214 Å². The first-order valence-electron chi connectivity index (χ1n) is 15.1. The number of carbonyl (C=O) groups excluding carboxylic acids is 3. The summed E-state index contributed by atoms with van der Waals surface area (Å²) in [6.07, 6.45) is 6.95. The Hall–Kier alpha value is -3.26. The number of ketones is 1. The van der Waals surface area contributed by atoms with Crippen molar-refractivity contribution >= 4 is 47.0 Å². The van der Waals surface area contributed by atoms with Gasteiger partial charge >= 0.3 is 18.0 Å². The summed E-state index contributed by atoms with van der Waals surface area (Å²) in [5.41, 5.74) is 5.83. The number of nitrogens with two attached hydrogens (primary N) is 1. The largest absolute Gasteiger partial charge is 0.481 e. The van der Waals surface area contributed by atoms with Crippen LogP contribution in [-0.2, 0) is 23.9 Å². The van der Waals surface area contributed by atoms with Crippen molar-refractivity contribution in [3.8, 4) is 0 Å². The number of hydrogen-bond acceptors (Lipinski definition) is 10. The molecule has 0 aliphatic heterocycles. The second-order valence-corrected chi connectivity index (χ2v) is 12.0. The summed E-state index contributed by atoms with van der Waals surface area (Å²) in [7, 11) is 0. The zero-order chi connectivity index (χ0) is 35.7. The van der Waals surface area contributed by atoms with Gasteiger partial charge in [-0.2, -0.15) is 0 Å². The van der Waals surface area contributed by atoms with Gasteiger partial charge in [-0.05, 0) is 38.3 Å². The third-order valence-electron chi connectivity index (χ3n) is 7.31. The first kappa shape index (κ1) is 41.8. The minimum absolute atomic E-state index is 0.0584. The van der Waals surface area contributed by atoms with Gasteiger partial charge in [0.05, 0.1) is 24.2 Å². The SMILES string of the molecule is CC/C=C/[C@@H](OC(N)=O)[C@@H](Cl)[C@H](O)CC(=O)[C@@H](O)[C@H](O)[C@H](C)/C(Cl)=C/C=C/C=C(C)/C=C\C=C/C(=O)O[C@@H]1C[C@@H](C(=O)O)CC[C@@H]1O. The van der Waals surface area contributed by atoms with Gasteiger partial charge in [0, 0.05) is 29.9 Å². The van der Waals surface area contributed by atoms with Gasteiger partial charge in [-0.25, -0.2) is 9.59 Å². The molecule has 0 unspecified atom stereocenters. The number of carbonyl (C=O) groups is 4. The summed E-state index contributed by atoms with van der Waals surface area (Å²) >= 11 is 12.5. The number of amides is 1. The van der Waals surface area contributed by atoms with E-state index in [4.69, 9.17) is 43.5 Å². The minimum Gasteiger partial charge on any atom is -0.481 e. The highest BCUT2D eigenvalue weighted by atomic mass is 35.5. The molecule has 0 aromatic heterocycles. The highest BCUT2D eigenvalue weighted by Gasteiger charge is 2.36. The van der Waals surface area contributed by atoms with Gasteiger partial charge in [-0.1, -0.05) is 73.6 Å². The van der Waals surface area contributed by atoms with Crippen LogP contribution >= 0.6 is 23.2 Å². The van der Waals surface area contributed by atoms with Crippen LogP contribution in [0.2, 0.25) is 0 Å². The molecule has 1 saturated carbocycles. The molecule has 1 aliphatic carbocycles. The molecule has 0 aromatic carbocycles. The molecule has 0 radical (unpaired) electrons. The number of aliphatic carboxylic acids is 1. The molecule has 1 amide bonds. The number of carboxylic acid groups (broad SMARTS) is 1. The van der Waals surface area contributed by atoms with Crippen molar-refractivity contribution in [3.63, 3.8) is 0 Å². The summed E-state index contributed by atoms with van der Waals surface area (Å²) < 4.78 is 10.1. The van der Waals surface area contributed by atoms with Crippen molar-refractivity contribution in [2.45, 2.75) is 94.9 Å². The van der Waals surface area contributed by atoms with Gasteiger partial charge in [0.15, 0.2) is 5.78 Å². The second-order valence-electron chi connectivity index (χ2n) is 11.1. The lowest BCUT2D eigenvalue weighted by Crippen LogP contribution is -2.43. The van der Waals surface area contributed by atoms with Gasteiger partial charge < -0.3 is 40.7 Å². The summed E-state index contributed by atoms with van der Waals surface area (Å²) in [5, 5.41) is 49.4. The lowest BCUT2D eigenvalue weighted by atomic mass is 9.85. The first-order chi connectivity index (χ1) is 22.1. The number of hydrogen-bond donors (Lipinski definition) is 6. The Balaban J connectivity index is 2.66. The van der Waals surface area contributed by atoms with Crippen LogP contribution in [0, 0.1) is 11.8 Å². The number of primary amides is 1. The summed E-state index contributed by atoms with van der Waals surface area (Å²) in [6, 6.07) is 0. The van der Waals surface area contributed by atoms with Gasteiger partial charge in [-0.15, -0.1) is 11.6 Å². The number of aliphatic hydroxyl groups is 4. The molecular weight excluding hydrogens is 657 g/mol. The van der Waals surface area contributed by atoms with E-state index in [1.165, 1.54) is 31.2 Å². The van der Waals surface area contributed by atoms with E-state index >= 15 is 0 Å². The highest BCUT2D eigenvalue weighted by Crippen LogP contribution is 2.27. The molecule has 0 aromatic rings. The maximum Gasteiger partial charge on any atom is 0.405 e. The Morgan fingerprint density at radius 2 is 1.66 bits per heavy atom. The van der Waals surface area contributed by atoms with Gasteiger partial charge in [-0.3, -0.25) is 9.59 Å². The molecular formula is C33H45Cl2NO11. The Kier molecular flexibility index (Phi) is 19.2. The molecule has 1 aliphatic rings. The van der Waals surface area contributed by atoms with Gasteiger partial charge in [0.1, 0.15) is 23.7 Å². The maximum atomic E-state index is 12.6. The lowest BCUT2D eigenvalue weighted by Gasteiger charge is -2.30. The van der Waals surface area contributed by atoms with E-state index < -0.39 is 84.1 Å². The van der Waals surface area contributed by atoms with Crippen LogP contribution in [0.5, 0.6) is 0 Å². The predicted molar refractivity (Wildman–Crippen MR) is 176 cm³/mol. The molecule has 47 heavy (non-hydrogen) atoms. The van der Waals surface area contributed by atoms with Crippen LogP contribution in [0.1, 0.15) is 52.9 Å². The number of Topliss-reactive ketones (excluding diaryl/α,β-unsaturated/α-hetero) is 1. The van der Waals surface area contributed by atoms with Crippen LogP contribution in [0.3, 0.4) is 0 Å². The fourth-order valence-corrected chi connectivity index (χ4v) is 4.88. The molecule has 0 spiro atoms. The molecule has 12 nitrogen and oxygen atoms in total. The number of rotatable bonds is 18. The molecule has 262 valence electrons. The molecule has 0 heterocycles. The fourth-order valence-electron chi connectivity index (χ4n) is 4.46. The van der Waals surface area contributed by atoms with Crippen LogP contribution in [0.15, 0.2) is 71.4 Å². The Labute approximate surface area is 284 Å². The van der Waals surface area contributed by atoms with Crippen molar-refractivity contribution in [1.29, 1.82) is 0 Å². The minimum atomic E-state index is -1.89. The van der Waals surface area contributed by atoms with Crippen molar-refractivity contribution < 1.29 is 54.2 Å². The van der Waals surface area contributed by atoms with Crippen LogP contribution in [0.25, 0.3) is 0 Å². The third-order valence-corrected chi connectivity index (χ3v) is 8.32. The average molecular weight is 703 g/mol. The summed E-state index contributed by atoms with van der Waals surface area (Å²) in [6.45, 7) is 5.12. The maximum absolute atomic E-state index is 12.6. The van der Waals surface area contributed by atoms with E-state index in [1.54, 1.807) is 43.4 Å². The van der Waals surface area contributed by atoms with Gasteiger partial charge in [0.25, 0.3) is 0 Å². The Bertz CT molecular complexity index is 1240. The fraction of sp³-hybridized carbons (Fsp3) is 0.515. The van der Waals surface area contributed by atoms with Crippen molar-refractivity contribution in [3.05, 3.63) is 71.4 Å². The number of esters is 1. The Morgan fingerprint density at radius 1 is 1.02 bits per heavy atom. The van der Waals surface area contributed by atoms with E-state index in [-0.39, 0.29) is 17.9 Å². The average Bonchev–Trinajstić information content (AvgIpc) is 3.02. The Morgan fingerprint density at radius 3 is 2.28 bits per heavy atom. The van der Waals surface area contributed by atoms with Crippen LogP contribution in [-0.4, -0.2) is 91.3 Å². The first-order valence-corrected chi connectivity index (χ1v) is 15.9. The van der Waals surface area contributed by atoms with E-state index in [0.29, 0.717) is 12.8 Å². The van der Waals surface area contributed by atoms with Crippen molar-refractivity contribution in [2.24, 2.45) is 17.6 Å². The monoisotopic (exact) mass is 701 g/mol. The molecule has 7 N–H and O–H groups in total. The number of alkyl halides is 1. The highest BCUT2D eigenvalue weighted by molar-refractivity contribution is 6.30. The molecule has 0 bridgehead atoms. The smallest absolute Gasteiger partial charge is 0.405 e. The van der Waals surface area contributed by atoms with Crippen LogP contribution < -0.4 is 5.73 Å². The number of carboxylic acids is 1. The normalized spacial score (nSPS) is 23.5. The molecule has 1 fully saturated rings. The predicted octanol–water partition coefficient (Wildman–Crippen LogP) is 3.60. The van der Waals surface area contributed by atoms with Crippen molar-refractivity contribution in [1.82, 2.24) is 0 Å². The second kappa shape index (κ2) is 21.6. The van der Waals surface area contributed by atoms with E-state index in [1.807, 2.05) is 6.92 Å².